The molecule has 1 amide bonds. The molecule has 176 valence electrons. The summed E-state index contributed by atoms with van der Waals surface area (Å²) >= 11 is 6.00. The molecule has 2 aromatic heterocycles. The molecule has 2 aromatic carbocycles. The molecular weight excluding hydrogens is 469 g/mol. The van der Waals surface area contributed by atoms with Gasteiger partial charge in [-0.3, -0.25) is 14.2 Å². The number of hydrogen-bond acceptors (Lipinski definition) is 3. The van der Waals surface area contributed by atoms with Gasteiger partial charge in [0.15, 0.2) is 0 Å². The van der Waals surface area contributed by atoms with Crippen LogP contribution in [0.15, 0.2) is 53.3 Å². The highest BCUT2D eigenvalue weighted by atomic mass is 35.5. The van der Waals surface area contributed by atoms with E-state index in [1.54, 1.807) is 49.4 Å². The van der Waals surface area contributed by atoms with Gasteiger partial charge in [0.2, 0.25) is 5.91 Å². The summed E-state index contributed by atoms with van der Waals surface area (Å²) in [7, 11) is 0. The number of fused-ring (bicyclic) bond motifs is 1. The van der Waals surface area contributed by atoms with E-state index in [2.05, 4.69) is 10.4 Å². The Hall–Kier alpha value is -3.59. The molecule has 6 nitrogen and oxygen atoms in total. The molecule has 0 spiro atoms. The van der Waals surface area contributed by atoms with Crippen molar-refractivity contribution >= 4 is 34.2 Å². The lowest BCUT2D eigenvalue weighted by Crippen LogP contribution is -2.30. The minimum Gasteiger partial charge on any atom is -0.324 e. The lowest BCUT2D eigenvalue weighted by molar-refractivity contribution is -0.136. The molecule has 4 aromatic rings. The topological polar surface area (TPSA) is 68.9 Å². The fourth-order valence-corrected chi connectivity index (χ4v) is 3.93. The van der Waals surface area contributed by atoms with Gasteiger partial charge >= 0.3 is 6.18 Å². The van der Waals surface area contributed by atoms with Crippen LogP contribution in [-0.2, 0) is 17.5 Å². The van der Waals surface area contributed by atoms with Gasteiger partial charge in [-0.1, -0.05) is 35.4 Å². The van der Waals surface area contributed by atoms with Gasteiger partial charge in [-0.15, -0.1) is 0 Å². The number of benzene rings is 2. The number of alkyl halides is 3. The van der Waals surface area contributed by atoms with Crippen molar-refractivity contribution in [1.29, 1.82) is 0 Å². The van der Waals surface area contributed by atoms with E-state index in [1.807, 2.05) is 6.92 Å². The van der Waals surface area contributed by atoms with Crippen LogP contribution in [0, 0.1) is 20.8 Å². The Kier molecular flexibility index (Phi) is 5.99. The molecule has 2 heterocycles. The molecule has 4 rings (SSSR count). The van der Waals surface area contributed by atoms with Gasteiger partial charge in [0.05, 0.1) is 22.3 Å². The Morgan fingerprint density at radius 2 is 1.74 bits per heavy atom. The van der Waals surface area contributed by atoms with E-state index in [0.717, 1.165) is 15.7 Å². The van der Waals surface area contributed by atoms with Gasteiger partial charge in [0, 0.05) is 16.8 Å². The highest BCUT2D eigenvalue weighted by molar-refractivity contribution is 6.31. The van der Waals surface area contributed by atoms with Crippen LogP contribution < -0.4 is 10.9 Å². The first-order valence-corrected chi connectivity index (χ1v) is 10.7. The van der Waals surface area contributed by atoms with Crippen molar-refractivity contribution in [2.24, 2.45) is 0 Å². The van der Waals surface area contributed by atoms with Crippen molar-refractivity contribution in [3.63, 3.8) is 0 Å². The van der Waals surface area contributed by atoms with E-state index >= 15 is 0 Å². The normalized spacial score (nSPS) is 11.7. The summed E-state index contributed by atoms with van der Waals surface area (Å²) in [5.41, 5.74) is 0.502. The molecule has 0 aliphatic heterocycles. The van der Waals surface area contributed by atoms with Gasteiger partial charge in [-0.05, 0) is 50.6 Å². The van der Waals surface area contributed by atoms with Gasteiger partial charge < -0.3 is 5.32 Å². The van der Waals surface area contributed by atoms with E-state index in [1.165, 1.54) is 11.6 Å². The van der Waals surface area contributed by atoms with Crippen LogP contribution in [0.2, 0.25) is 5.02 Å². The highest BCUT2D eigenvalue weighted by Gasteiger charge is 2.36. The fourth-order valence-electron chi connectivity index (χ4n) is 3.76. The molecule has 10 heteroatoms. The number of rotatable bonds is 4. The van der Waals surface area contributed by atoms with E-state index < -0.39 is 29.8 Å². The Morgan fingerprint density at radius 1 is 1.06 bits per heavy atom. The summed E-state index contributed by atoms with van der Waals surface area (Å²) in [6, 6.07) is 12.4. The average Bonchev–Trinajstić information content (AvgIpc) is 3.09. The quantitative estimate of drug-likeness (QED) is 0.417. The van der Waals surface area contributed by atoms with Crippen LogP contribution >= 0.6 is 11.6 Å². The molecule has 0 saturated carbocycles. The third kappa shape index (κ3) is 4.43. The second-order valence-corrected chi connectivity index (χ2v) is 8.46. The SMILES string of the molecule is Cc1ccc(-n2nc(C)c3c(C(F)(F)F)cc(=O)n(CC(=O)Nc4cc(Cl)ccc4C)c32)cc1. The van der Waals surface area contributed by atoms with Crippen LogP contribution in [0.4, 0.5) is 18.9 Å². The fraction of sp³-hybridized carbons (Fsp3) is 0.208. The van der Waals surface area contributed by atoms with Crippen molar-refractivity contribution in [3.05, 3.63) is 86.3 Å². The zero-order valence-electron chi connectivity index (χ0n) is 18.5. The van der Waals surface area contributed by atoms with Crippen molar-refractivity contribution in [2.45, 2.75) is 33.5 Å². The number of pyridine rings is 1. The largest absolute Gasteiger partial charge is 0.417 e. The molecule has 0 fully saturated rings. The van der Waals surface area contributed by atoms with Crippen molar-refractivity contribution in [1.82, 2.24) is 14.3 Å². The molecule has 0 unspecified atom stereocenters. The number of nitrogens with zero attached hydrogens (tertiary/aromatic N) is 3. The van der Waals surface area contributed by atoms with E-state index in [4.69, 9.17) is 11.6 Å². The number of hydrogen-bond donors (Lipinski definition) is 1. The van der Waals surface area contributed by atoms with Gasteiger partial charge in [0.25, 0.3) is 5.56 Å². The van der Waals surface area contributed by atoms with Crippen LogP contribution in [0.1, 0.15) is 22.4 Å². The molecule has 0 saturated heterocycles. The standard InChI is InChI=1S/C24H20ClF3N4O2/c1-13-4-8-17(9-5-13)32-23-22(15(3)30-32)18(24(26,27)28)11-21(34)31(23)12-20(33)29-19-10-16(25)7-6-14(19)2/h4-11H,12H2,1-3H3,(H,29,33). The molecule has 34 heavy (non-hydrogen) atoms. The molecule has 0 bridgehead atoms. The van der Waals surface area contributed by atoms with E-state index in [9.17, 15) is 22.8 Å². The third-order valence-electron chi connectivity index (χ3n) is 5.45. The van der Waals surface area contributed by atoms with Gasteiger partial charge in [0.1, 0.15) is 12.2 Å². The maximum Gasteiger partial charge on any atom is 0.417 e. The Morgan fingerprint density at radius 3 is 2.38 bits per heavy atom. The maximum atomic E-state index is 13.8. The first kappa shape index (κ1) is 23.6. The smallest absolute Gasteiger partial charge is 0.324 e. The van der Waals surface area contributed by atoms with E-state index in [-0.39, 0.29) is 16.7 Å². The van der Waals surface area contributed by atoms with Crippen LogP contribution in [0.3, 0.4) is 0 Å². The number of halogens is 4. The Balaban J connectivity index is 1.90. The molecule has 1 N–H and O–H groups in total. The predicted molar refractivity (Wildman–Crippen MR) is 125 cm³/mol. The number of nitrogens with one attached hydrogen (secondary N) is 1. The highest BCUT2D eigenvalue weighted by Crippen LogP contribution is 2.36. The number of anilines is 1. The lowest BCUT2D eigenvalue weighted by Gasteiger charge is -2.15. The number of carbonyl (C=O) groups is 1. The van der Waals surface area contributed by atoms with Crippen molar-refractivity contribution in [2.75, 3.05) is 5.32 Å². The molecule has 0 aliphatic rings. The summed E-state index contributed by atoms with van der Waals surface area (Å²) in [4.78, 5) is 25.7. The predicted octanol–water partition coefficient (Wildman–Crippen LogP) is 5.42. The van der Waals surface area contributed by atoms with Gasteiger partial charge in [-0.2, -0.15) is 18.3 Å². The first-order chi connectivity index (χ1) is 16.0. The van der Waals surface area contributed by atoms with Crippen LogP contribution in [-0.4, -0.2) is 20.3 Å². The van der Waals surface area contributed by atoms with Crippen molar-refractivity contribution < 1.29 is 18.0 Å². The number of aryl methyl sites for hydroxylation is 3. The average molecular weight is 489 g/mol. The molecule has 0 radical (unpaired) electrons. The summed E-state index contributed by atoms with van der Waals surface area (Å²) < 4.78 is 43.8. The summed E-state index contributed by atoms with van der Waals surface area (Å²) in [6.45, 7) is 4.56. The monoisotopic (exact) mass is 488 g/mol. The minimum atomic E-state index is -4.78. The lowest BCUT2D eigenvalue weighted by atomic mass is 10.1. The van der Waals surface area contributed by atoms with Crippen molar-refractivity contribution in [3.8, 4) is 5.69 Å². The minimum absolute atomic E-state index is 0.0859. The molecule has 0 atom stereocenters. The van der Waals surface area contributed by atoms with Gasteiger partial charge in [-0.25, -0.2) is 4.68 Å². The summed E-state index contributed by atoms with van der Waals surface area (Å²) in [5, 5.41) is 7.13. The molecular formula is C24H20ClF3N4O2. The maximum absolute atomic E-state index is 13.8. The summed E-state index contributed by atoms with van der Waals surface area (Å²) in [6.07, 6.45) is -4.78. The number of amides is 1. The van der Waals surface area contributed by atoms with Crippen LogP contribution in [0.5, 0.6) is 0 Å². The second kappa shape index (κ2) is 8.64. The number of aromatic nitrogens is 3. The third-order valence-corrected chi connectivity index (χ3v) is 5.69. The Labute approximate surface area is 197 Å². The summed E-state index contributed by atoms with van der Waals surface area (Å²) in [5.74, 6) is -0.595. The Bertz CT molecular complexity index is 1470. The first-order valence-electron chi connectivity index (χ1n) is 10.3. The van der Waals surface area contributed by atoms with E-state index in [0.29, 0.717) is 22.5 Å². The van der Waals surface area contributed by atoms with Crippen LogP contribution in [0.25, 0.3) is 16.7 Å². The molecule has 0 aliphatic carbocycles. The zero-order chi connectivity index (χ0) is 24.8. The zero-order valence-corrected chi connectivity index (χ0v) is 19.3. The number of carbonyl (C=O) groups excluding carboxylic acids is 1. The second-order valence-electron chi connectivity index (χ2n) is 8.02.